The molecule has 0 saturated heterocycles. The van der Waals surface area contributed by atoms with E-state index in [1.54, 1.807) is 0 Å². The van der Waals surface area contributed by atoms with Gasteiger partial charge in [0.1, 0.15) is 11.5 Å². The zero-order valence-electron chi connectivity index (χ0n) is 32.7. The third-order valence-corrected chi connectivity index (χ3v) is 12.2. The van der Waals surface area contributed by atoms with E-state index >= 15 is 0 Å². The highest BCUT2D eigenvalue weighted by molar-refractivity contribution is 6.25. The third-order valence-electron chi connectivity index (χ3n) is 12.2. The molecule has 1 aliphatic heterocycles. The van der Waals surface area contributed by atoms with Gasteiger partial charge in [-0.15, -0.1) is 0 Å². The molecule has 0 radical (unpaired) electrons. The first-order chi connectivity index (χ1) is 30.3. The van der Waals surface area contributed by atoms with Crippen molar-refractivity contribution in [3.63, 3.8) is 0 Å². The summed E-state index contributed by atoms with van der Waals surface area (Å²) in [6.07, 6.45) is 0. The molecular weight excluding hydrogens is 747 g/mol. The first kappa shape index (κ1) is 33.6. The monoisotopic (exact) mass is 779 g/mol. The number of nitrogens with zero attached hydrogens (tertiary/aromatic N) is 5. The molecule has 6 heteroatoms. The predicted molar refractivity (Wildman–Crippen MR) is 248 cm³/mol. The second-order valence-corrected chi connectivity index (χ2v) is 15.6. The Bertz CT molecular complexity index is 3660. The van der Waals surface area contributed by atoms with Gasteiger partial charge in [-0.25, -0.2) is 4.98 Å². The molecule has 0 fully saturated rings. The standard InChI is InChI=1S/C55H33N5O/c1-4-16-34(17-5-1)53-56-54(35-18-6-2-7-19-35)58-55(57-53)60-45-28-13-11-23-42(45)50-38(24-15-29-46(50)60)36-30-31-39-40-25-14-26-43-51-41-22-10-12-27-44(41)59(37-20-8-3-9-21-37)47(51)33-49(52(40)43)61-48(39)32-36/h1-33H. The van der Waals surface area contributed by atoms with Crippen molar-refractivity contribution in [1.29, 1.82) is 0 Å². The number of aromatic nitrogens is 5. The summed E-state index contributed by atoms with van der Waals surface area (Å²) >= 11 is 0. The minimum absolute atomic E-state index is 0.564. The summed E-state index contributed by atoms with van der Waals surface area (Å²) < 4.78 is 11.6. The maximum absolute atomic E-state index is 7.05. The summed E-state index contributed by atoms with van der Waals surface area (Å²) in [4.78, 5) is 15.3. The molecular formula is C55H33N5O. The number of hydrogen-bond acceptors (Lipinski definition) is 4. The van der Waals surface area contributed by atoms with Crippen molar-refractivity contribution in [2.75, 3.05) is 0 Å². The van der Waals surface area contributed by atoms with Crippen molar-refractivity contribution in [2.24, 2.45) is 0 Å². The maximum atomic E-state index is 7.05. The molecule has 1 aliphatic rings. The fourth-order valence-corrected chi connectivity index (χ4v) is 9.55. The van der Waals surface area contributed by atoms with E-state index in [1.807, 2.05) is 60.7 Å². The molecule has 0 saturated carbocycles. The molecule has 6 nitrogen and oxygen atoms in total. The van der Waals surface area contributed by atoms with E-state index in [2.05, 4.69) is 149 Å². The summed E-state index contributed by atoms with van der Waals surface area (Å²) in [6.45, 7) is 0. The van der Waals surface area contributed by atoms with Crippen LogP contribution in [0, 0.1) is 0 Å². The lowest BCUT2D eigenvalue weighted by Gasteiger charge is -2.23. The second-order valence-electron chi connectivity index (χ2n) is 15.6. The molecule has 0 unspecified atom stereocenters. The van der Waals surface area contributed by atoms with Crippen molar-refractivity contribution in [3.8, 4) is 68.2 Å². The Kier molecular flexibility index (Phi) is 7.21. The molecule has 0 amide bonds. The van der Waals surface area contributed by atoms with E-state index in [0.717, 1.165) is 77.7 Å². The van der Waals surface area contributed by atoms with Crippen LogP contribution in [-0.2, 0) is 0 Å². The smallest absolute Gasteiger partial charge is 0.238 e. The zero-order valence-corrected chi connectivity index (χ0v) is 32.7. The molecule has 0 N–H and O–H groups in total. The molecule has 9 aromatic carbocycles. The van der Waals surface area contributed by atoms with Gasteiger partial charge in [-0.1, -0.05) is 152 Å². The van der Waals surface area contributed by atoms with Crippen LogP contribution in [0.25, 0.3) is 111 Å². The Morgan fingerprint density at radius 1 is 0.328 bits per heavy atom. The van der Waals surface area contributed by atoms with Crippen LogP contribution < -0.4 is 4.74 Å². The van der Waals surface area contributed by atoms with Gasteiger partial charge >= 0.3 is 0 Å². The van der Waals surface area contributed by atoms with Gasteiger partial charge in [0.25, 0.3) is 0 Å². The summed E-state index contributed by atoms with van der Waals surface area (Å²) in [5, 5.41) is 7.01. The summed E-state index contributed by atoms with van der Waals surface area (Å²) in [5.41, 5.74) is 11.7. The molecule has 0 aliphatic carbocycles. The normalized spacial score (nSPS) is 12.1. The number of rotatable bonds is 5. The SMILES string of the molecule is c1ccc(-c2nc(-c3ccccc3)nc(-n3c4ccccc4c4c(-c5ccc6c(c5)Oc5cc7c(c8cccc-6c58)c5ccccc5n7-c5ccccc5)cccc43)n2)cc1. The predicted octanol–water partition coefficient (Wildman–Crippen LogP) is 14.0. The van der Waals surface area contributed by atoms with Crippen LogP contribution in [0.5, 0.6) is 11.5 Å². The van der Waals surface area contributed by atoms with Gasteiger partial charge in [-0.2, -0.15) is 9.97 Å². The molecule has 0 spiro atoms. The highest BCUT2D eigenvalue weighted by Crippen LogP contribution is 2.52. The molecule has 0 atom stereocenters. The van der Waals surface area contributed by atoms with Crippen molar-refractivity contribution in [1.82, 2.24) is 24.1 Å². The van der Waals surface area contributed by atoms with E-state index < -0.39 is 0 Å². The molecule has 61 heavy (non-hydrogen) atoms. The third kappa shape index (κ3) is 5.06. The topological polar surface area (TPSA) is 57.8 Å². The van der Waals surface area contributed by atoms with Gasteiger partial charge in [0.05, 0.1) is 22.1 Å². The summed E-state index contributed by atoms with van der Waals surface area (Å²) in [6, 6.07) is 70.1. The highest BCUT2D eigenvalue weighted by atomic mass is 16.5. The van der Waals surface area contributed by atoms with E-state index in [9.17, 15) is 0 Å². The molecule has 284 valence electrons. The number of benzene rings is 9. The van der Waals surface area contributed by atoms with E-state index in [-0.39, 0.29) is 0 Å². The highest BCUT2D eigenvalue weighted by Gasteiger charge is 2.26. The van der Waals surface area contributed by atoms with Gasteiger partial charge in [0, 0.05) is 55.4 Å². The molecule has 0 bridgehead atoms. The minimum Gasteiger partial charge on any atom is -0.456 e. The van der Waals surface area contributed by atoms with Crippen LogP contribution in [0.3, 0.4) is 0 Å². The van der Waals surface area contributed by atoms with Crippen LogP contribution in [0.2, 0.25) is 0 Å². The first-order valence-electron chi connectivity index (χ1n) is 20.5. The number of fused-ring (bicyclic) bond motifs is 9. The van der Waals surface area contributed by atoms with Gasteiger partial charge < -0.3 is 9.30 Å². The van der Waals surface area contributed by atoms with Crippen molar-refractivity contribution < 1.29 is 4.74 Å². The number of para-hydroxylation sites is 3. The number of ether oxygens (including phenoxy) is 1. The van der Waals surface area contributed by atoms with Crippen LogP contribution in [0.4, 0.5) is 0 Å². The Morgan fingerprint density at radius 2 is 0.902 bits per heavy atom. The maximum Gasteiger partial charge on any atom is 0.238 e. The average molecular weight is 780 g/mol. The van der Waals surface area contributed by atoms with Crippen LogP contribution >= 0.6 is 0 Å². The van der Waals surface area contributed by atoms with E-state index in [1.165, 1.54) is 27.2 Å². The Balaban J connectivity index is 1.01. The Hall–Kier alpha value is -8.35. The van der Waals surface area contributed by atoms with Crippen molar-refractivity contribution in [3.05, 3.63) is 200 Å². The van der Waals surface area contributed by atoms with Crippen molar-refractivity contribution >= 4 is 54.4 Å². The Morgan fingerprint density at radius 3 is 1.62 bits per heavy atom. The van der Waals surface area contributed by atoms with E-state index in [4.69, 9.17) is 19.7 Å². The second kappa shape index (κ2) is 13.1. The van der Waals surface area contributed by atoms with Crippen LogP contribution in [0.1, 0.15) is 0 Å². The summed E-state index contributed by atoms with van der Waals surface area (Å²) in [7, 11) is 0. The minimum atomic E-state index is 0.564. The molecule has 3 aromatic heterocycles. The fourth-order valence-electron chi connectivity index (χ4n) is 9.55. The average Bonchev–Trinajstić information content (AvgIpc) is 3.85. The first-order valence-corrected chi connectivity index (χ1v) is 20.5. The number of hydrogen-bond donors (Lipinski definition) is 0. The fraction of sp³-hybridized carbons (Fsp3) is 0. The van der Waals surface area contributed by atoms with Gasteiger partial charge in [0.15, 0.2) is 11.6 Å². The lowest BCUT2D eigenvalue weighted by atomic mass is 9.90. The van der Waals surface area contributed by atoms with Gasteiger partial charge in [0.2, 0.25) is 5.95 Å². The summed E-state index contributed by atoms with van der Waals surface area (Å²) in [5.74, 6) is 3.49. The quantitative estimate of drug-likeness (QED) is 0.175. The van der Waals surface area contributed by atoms with Gasteiger partial charge in [-0.3, -0.25) is 4.57 Å². The van der Waals surface area contributed by atoms with E-state index in [0.29, 0.717) is 17.6 Å². The van der Waals surface area contributed by atoms with Gasteiger partial charge in [-0.05, 0) is 64.5 Å². The van der Waals surface area contributed by atoms with Crippen LogP contribution in [0.15, 0.2) is 200 Å². The largest absolute Gasteiger partial charge is 0.456 e. The lowest BCUT2D eigenvalue weighted by molar-refractivity contribution is 0.488. The molecule has 12 aromatic rings. The molecule has 4 heterocycles. The van der Waals surface area contributed by atoms with Crippen molar-refractivity contribution in [2.45, 2.75) is 0 Å². The van der Waals surface area contributed by atoms with Crippen LogP contribution in [-0.4, -0.2) is 24.1 Å². The zero-order chi connectivity index (χ0) is 40.0. The molecule has 13 rings (SSSR count). The lowest BCUT2D eigenvalue weighted by Crippen LogP contribution is -2.06. The Labute approximate surface area is 350 Å².